The predicted molar refractivity (Wildman–Crippen MR) is 124 cm³/mol. The molecule has 0 atom stereocenters. The number of pyridine rings is 1. The maximum Gasteiger partial charge on any atom is 0.336 e. The van der Waals surface area contributed by atoms with E-state index in [1.165, 1.54) is 24.0 Å². The zero-order chi connectivity index (χ0) is 22.8. The number of halogens is 2. The number of carboxylic acid groups (broad SMARTS) is 1. The van der Waals surface area contributed by atoms with Gasteiger partial charge in [0.05, 0.1) is 27.4 Å². The summed E-state index contributed by atoms with van der Waals surface area (Å²) >= 11 is 13.5. The number of hydrogen-bond donors (Lipinski definition) is 2. The first kappa shape index (κ1) is 23.4. The van der Waals surface area contributed by atoms with Gasteiger partial charge in [-0.25, -0.2) is 18.2 Å². The van der Waals surface area contributed by atoms with E-state index in [0.29, 0.717) is 32.0 Å². The summed E-state index contributed by atoms with van der Waals surface area (Å²) in [6, 6.07) is 11.2. The highest BCUT2D eigenvalue weighted by Crippen LogP contribution is 2.28. The van der Waals surface area contributed by atoms with Crippen LogP contribution in [0.1, 0.15) is 27.0 Å². The minimum Gasteiger partial charge on any atom is -0.478 e. The zero-order valence-corrected chi connectivity index (χ0v) is 19.7. The maximum absolute atomic E-state index is 12.7. The molecular weight excluding hydrogens is 479 g/mol. The van der Waals surface area contributed by atoms with Gasteiger partial charge < -0.3 is 5.11 Å². The molecule has 0 aliphatic rings. The van der Waals surface area contributed by atoms with Crippen molar-refractivity contribution in [3.8, 4) is 0 Å². The largest absolute Gasteiger partial charge is 0.478 e. The molecule has 1 aromatic heterocycles. The van der Waals surface area contributed by atoms with E-state index >= 15 is 0 Å². The quantitative estimate of drug-likeness (QED) is 0.401. The Morgan fingerprint density at radius 2 is 1.87 bits per heavy atom. The number of nitrogens with one attached hydrogen (secondary N) is 1. The molecule has 3 rings (SSSR count). The molecule has 2 aromatic carbocycles. The Morgan fingerprint density at radius 3 is 2.48 bits per heavy atom. The van der Waals surface area contributed by atoms with E-state index in [0.717, 1.165) is 11.6 Å². The standard InChI is InChI=1S/C21H18Cl2N2O4S2/c1-12-7-17(9-18(13(12)2)21(26)27)31(28,29)25-16-5-6-20(24-10-16)30-11-14-3-4-15(22)8-19(14)23/h3-10,25H,11H2,1-2H3,(H,26,27). The van der Waals surface area contributed by atoms with Crippen molar-refractivity contribution in [1.82, 2.24) is 4.98 Å². The fourth-order valence-electron chi connectivity index (χ4n) is 2.73. The third kappa shape index (κ3) is 5.71. The molecule has 3 aromatic rings. The van der Waals surface area contributed by atoms with Crippen molar-refractivity contribution in [2.24, 2.45) is 0 Å². The molecule has 0 fully saturated rings. The van der Waals surface area contributed by atoms with Crippen LogP contribution in [0.25, 0.3) is 0 Å². The smallest absolute Gasteiger partial charge is 0.336 e. The Morgan fingerprint density at radius 1 is 1.13 bits per heavy atom. The van der Waals surface area contributed by atoms with Crippen LogP contribution in [0.2, 0.25) is 10.0 Å². The van der Waals surface area contributed by atoms with E-state index in [2.05, 4.69) is 9.71 Å². The number of thioether (sulfide) groups is 1. The number of hydrogen-bond acceptors (Lipinski definition) is 5. The second kappa shape index (κ2) is 9.48. The molecular formula is C21H18Cl2N2O4S2. The van der Waals surface area contributed by atoms with Gasteiger partial charge in [0, 0.05) is 15.8 Å². The van der Waals surface area contributed by atoms with Gasteiger partial charge >= 0.3 is 5.97 Å². The number of nitrogens with zero attached hydrogens (tertiary/aromatic N) is 1. The predicted octanol–water partition coefficient (Wildman–Crippen LogP) is 5.80. The highest BCUT2D eigenvalue weighted by Gasteiger charge is 2.20. The zero-order valence-electron chi connectivity index (χ0n) is 16.5. The molecule has 10 heteroatoms. The first-order valence-corrected chi connectivity index (χ1v) is 12.2. The summed E-state index contributed by atoms with van der Waals surface area (Å²) in [4.78, 5) is 15.6. The molecule has 1 heterocycles. The third-order valence-electron chi connectivity index (χ3n) is 4.56. The van der Waals surface area contributed by atoms with Crippen molar-refractivity contribution in [1.29, 1.82) is 0 Å². The van der Waals surface area contributed by atoms with E-state index in [-0.39, 0.29) is 16.1 Å². The molecule has 0 saturated heterocycles. The molecule has 162 valence electrons. The van der Waals surface area contributed by atoms with Crippen LogP contribution in [0.15, 0.2) is 58.6 Å². The molecule has 0 radical (unpaired) electrons. The van der Waals surface area contributed by atoms with Gasteiger partial charge in [-0.15, -0.1) is 11.8 Å². The lowest BCUT2D eigenvalue weighted by atomic mass is 10.0. The van der Waals surface area contributed by atoms with Gasteiger partial charge in [0.15, 0.2) is 0 Å². The lowest BCUT2D eigenvalue weighted by Gasteiger charge is -2.12. The summed E-state index contributed by atoms with van der Waals surface area (Å²) in [6.45, 7) is 3.31. The highest BCUT2D eigenvalue weighted by molar-refractivity contribution is 7.98. The van der Waals surface area contributed by atoms with E-state index in [4.69, 9.17) is 23.2 Å². The van der Waals surface area contributed by atoms with Gasteiger partial charge in [0.25, 0.3) is 10.0 Å². The number of benzene rings is 2. The van der Waals surface area contributed by atoms with Gasteiger partial charge in [-0.3, -0.25) is 4.72 Å². The SMILES string of the molecule is Cc1cc(S(=O)(=O)Nc2ccc(SCc3ccc(Cl)cc3Cl)nc2)cc(C(=O)O)c1C. The number of rotatable bonds is 7. The van der Waals surface area contributed by atoms with Gasteiger partial charge in [-0.1, -0.05) is 29.3 Å². The minimum absolute atomic E-state index is 0.0499. The highest BCUT2D eigenvalue weighted by atomic mass is 35.5. The monoisotopic (exact) mass is 496 g/mol. The van der Waals surface area contributed by atoms with Gasteiger partial charge in [0.2, 0.25) is 0 Å². The third-order valence-corrected chi connectivity index (χ3v) is 7.50. The molecule has 0 unspecified atom stereocenters. The molecule has 0 amide bonds. The van der Waals surface area contributed by atoms with Gasteiger partial charge in [-0.05, 0) is 66.9 Å². The van der Waals surface area contributed by atoms with Crippen molar-refractivity contribution < 1.29 is 18.3 Å². The summed E-state index contributed by atoms with van der Waals surface area (Å²) < 4.78 is 27.9. The van der Waals surface area contributed by atoms with E-state index in [1.54, 1.807) is 38.1 Å². The Balaban J connectivity index is 1.74. The fourth-order valence-corrected chi connectivity index (χ4v) is 5.29. The fraction of sp³-hybridized carbons (Fsp3) is 0.143. The normalized spacial score (nSPS) is 11.4. The van der Waals surface area contributed by atoms with Crippen LogP contribution in [0.4, 0.5) is 5.69 Å². The van der Waals surface area contributed by atoms with E-state index < -0.39 is 16.0 Å². The van der Waals surface area contributed by atoms with Crippen LogP contribution in [-0.2, 0) is 15.8 Å². The van der Waals surface area contributed by atoms with E-state index in [1.807, 2.05) is 6.07 Å². The summed E-state index contributed by atoms with van der Waals surface area (Å²) in [5, 5.41) is 11.1. The van der Waals surface area contributed by atoms with Crippen LogP contribution in [0, 0.1) is 13.8 Å². The number of anilines is 1. The van der Waals surface area contributed by atoms with E-state index in [9.17, 15) is 18.3 Å². The summed E-state index contributed by atoms with van der Waals surface area (Å²) in [7, 11) is -3.98. The summed E-state index contributed by atoms with van der Waals surface area (Å²) in [5.41, 5.74) is 2.23. The Bertz CT molecular complexity index is 1250. The average molecular weight is 497 g/mol. The second-order valence-electron chi connectivity index (χ2n) is 6.73. The van der Waals surface area contributed by atoms with Crippen molar-refractivity contribution in [2.45, 2.75) is 29.5 Å². The van der Waals surface area contributed by atoms with Crippen LogP contribution >= 0.6 is 35.0 Å². The van der Waals surface area contributed by atoms with Crippen LogP contribution in [0.5, 0.6) is 0 Å². The number of aromatic nitrogens is 1. The lowest BCUT2D eigenvalue weighted by Crippen LogP contribution is -2.15. The average Bonchev–Trinajstić information content (AvgIpc) is 2.70. The number of aromatic carboxylic acids is 1. The molecule has 31 heavy (non-hydrogen) atoms. The Hall–Kier alpha value is -2.26. The van der Waals surface area contributed by atoms with Crippen LogP contribution in [-0.4, -0.2) is 24.5 Å². The molecule has 0 aliphatic carbocycles. The molecule has 2 N–H and O–H groups in total. The number of sulfonamides is 1. The van der Waals surface area contributed by atoms with Crippen LogP contribution < -0.4 is 4.72 Å². The lowest BCUT2D eigenvalue weighted by molar-refractivity contribution is 0.0695. The number of carbonyl (C=O) groups is 1. The maximum atomic E-state index is 12.7. The Labute approximate surface area is 194 Å². The topological polar surface area (TPSA) is 96.4 Å². The van der Waals surface area contributed by atoms with Crippen molar-refractivity contribution in [3.05, 3.63) is 81.0 Å². The van der Waals surface area contributed by atoms with Crippen LogP contribution in [0.3, 0.4) is 0 Å². The molecule has 0 bridgehead atoms. The minimum atomic E-state index is -3.98. The Kier molecular flexibility index (Phi) is 7.16. The van der Waals surface area contributed by atoms with Crippen molar-refractivity contribution in [3.63, 3.8) is 0 Å². The summed E-state index contributed by atoms with van der Waals surface area (Å²) in [5.74, 6) is -0.601. The van der Waals surface area contributed by atoms with Crippen molar-refractivity contribution in [2.75, 3.05) is 4.72 Å². The summed E-state index contributed by atoms with van der Waals surface area (Å²) in [6.07, 6.45) is 1.41. The first-order chi connectivity index (χ1) is 14.6. The van der Waals surface area contributed by atoms with Gasteiger partial charge in [0.1, 0.15) is 0 Å². The molecule has 0 aliphatic heterocycles. The number of aryl methyl sites for hydroxylation is 1. The second-order valence-corrected chi connectivity index (χ2v) is 10.3. The molecule has 0 spiro atoms. The molecule has 0 saturated carbocycles. The van der Waals surface area contributed by atoms with Crippen molar-refractivity contribution >= 4 is 56.6 Å². The molecule has 6 nitrogen and oxygen atoms in total. The first-order valence-electron chi connectivity index (χ1n) is 8.97. The number of carboxylic acids is 1. The van der Waals surface area contributed by atoms with Gasteiger partial charge in [-0.2, -0.15) is 0 Å².